The molecule has 3 heterocycles. The Balaban J connectivity index is 1.63. The van der Waals surface area contributed by atoms with Gasteiger partial charge in [-0.25, -0.2) is 4.98 Å². The van der Waals surface area contributed by atoms with Crippen molar-refractivity contribution in [3.63, 3.8) is 0 Å². The van der Waals surface area contributed by atoms with Gasteiger partial charge in [-0.3, -0.25) is 9.69 Å². The first-order valence-electron chi connectivity index (χ1n) is 8.15. The van der Waals surface area contributed by atoms with Crippen molar-refractivity contribution in [1.29, 1.82) is 0 Å². The Labute approximate surface area is 137 Å². The number of methoxy groups -OCH3 is 1. The van der Waals surface area contributed by atoms with Gasteiger partial charge < -0.3 is 14.4 Å². The molecule has 23 heavy (non-hydrogen) atoms. The number of nitrogens with zero attached hydrogens (tertiary/aromatic N) is 3. The summed E-state index contributed by atoms with van der Waals surface area (Å²) >= 11 is 0. The normalized spacial score (nSPS) is 24.9. The number of ether oxygens (including phenoxy) is 2. The molecule has 1 atom stereocenters. The molecule has 2 fully saturated rings. The summed E-state index contributed by atoms with van der Waals surface area (Å²) in [6.07, 6.45) is 3.63. The lowest BCUT2D eigenvalue weighted by atomic mass is 9.83. The van der Waals surface area contributed by atoms with E-state index >= 15 is 0 Å². The third-order valence-electron chi connectivity index (χ3n) is 5.36. The number of likely N-dealkylation sites (tertiary alicyclic amines) is 1. The minimum Gasteiger partial charge on any atom is -0.481 e. The number of carbonyl (C=O) groups is 1. The van der Waals surface area contributed by atoms with E-state index in [1.54, 1.807) is 13.3 Å². The Hall–Kier alpha value is -1.66. The molecule has 1 spiro atoms. The second kappa shape index (κ2) is 6.45. The lowest BCUT2D eigenvalue weighted by molar-refractivity contribution is -0.183. The van der Waals surface area contributed by atoms with Crippen LogP contribution >= 0.6 is 0 Å². The van der Waals surface area contributed by atoms with Gasteiger partial charge in [-0.2, -0.15) is 0 Å². The van der Waals surface area contributed by atoms with Crippen molar-refractivity contribution in [2.45, 2.75) is 38.0 Å². The van der Waals surface area contributed by atoms with E-state index in [-0.39, 0.29) is 24.2 Å². The quantitative estimate of drug-likeness (QED) is 0.840. The van der Waals surface area contributed by atoms with Crippen molar-refractivity contribution in [3.05, 3.63) is 23.9 Å². The standard InChI is InChI=1S/C17H25N3O3/c1-13-17(23-12-15(21)19(13)2)6-9-20(10-7-17)11-14-5-4-8-18-16(14)22-3/h4-5,8,13H,6-7,9-12H2,1-3H3. The molecular weight excluding hydrogens is 294 g/mol. The van der Waals surface area contributed by atoms with Gasteiger partial charge in [0.05, 0.1) is 18.8 Å². The summed E-state index contributed by atoms with van der Waals surface area (Å²) in [4.78, 5) is 20.3. The van der Waals surface area contributed by atoms with E-state index in [0.29, 0.717) is 5.88 Å². The number of piperidine rings is 1. The van der Waals surface area contributed by atoms with Crippen molar-refractivity contribution in [2.24, 2.45) is 0 Å². The van der Waals surface area contributed by atoms with Crippen LogP contribution in [0.15, 0.2) is 18.3 Å². The van der Waals surface area contributed by atoms with Crippen molar-refractivity contribution in [3.8, 4) is 5.88 Å². The Morgan fingerprint density at radius 2 is 2.17 bits per heavy atom. The fourth-order valence-electron chi connectivity index (χ4n) is 3.62. The number of morpholine rings is 1. The summed E-state index contributed by atoms with van der Waals surface area (Å²) in [5.74, 6) is 0.769. The zero-order valence-corrected chi connectivity index (χ0v) is 14.1. The highest BCUT2D eigenvalue weighted by Crippen LogP contribution is 2.35. The molecule has 6 nitrogen and oxygen atoms in total. The lowest BCUT2D eigenvalue weighted by Gasteiger charge is -2.50. The maximum absolute atomic E-state index is 11.8. The largest absolute Gasteiger partial charge is 0.481 e. The number of rotatable bonds is 3. The molecule has 0 radical (unpaired) electrons. The van der Waals surface area contributed by atoms with Crippen LogP contribution in [0.25, 0.3) is 0 Å². The summed E-state index contributed by atoms with van der Waals surface area (Å²) in [6.45, 7) is 5.03. The Morgan fingerprint density at radius 3 is 2.87 bits per heavy atom. The highest BCUT2D eigenvalue weighted by atomic mass is 16.5. The Bertz CT molecular complexity index is 570. The molecular formula is C17H25N3O3. The van der Waals surface area contributed by atoms with Gasteiger partial charge in [0, 0.05) is 38.4 Å². The molecule has 2 aliphatic heterocycles. The summed E-state index contributed by atoms with van der Waals surface area (Å²) in [6, 6.07) is 4.12. The molecule has 2 aliphatic rings. The van der Waals surface area contributed by atoms with E-state index in [4.69, 9.17) is 9.47 Å². The summed E-state index contributed by atoms with van der Waals surface area (Å²) < 4.78 is 11.3. The summed E-state index contributed by atoms with van der Waals surface area (Å²) in [5.41, 5.74) is 0.911. The smallest absolute Gasteiger partial charge is 0.248 e. The average Bonchev–Trinajstić information content (AvgIpc) is 2.59. The number of amides is 1. The van der Waals surface area contributed by atoms with Crippen LogP contribution in [0.5, 0.6) is 5.88 Å². The van der Waals surface area contributed by atoms with Gasteiger partial charge in [0.2, 0.25) is 11.8 Å². The van der Waals surface area contributed by atoms with Gasteiger partial charge in [0.15, 0.2) is 0 Å². The predicted molar refractivity (Wildman–Crippen MR) is 86.2 cm³/mol. The molecule has 1 aromatic rings. The molecule has 0 N–H and O–H groups in total. The molecule has 0 aromatic carbocycles. The molecule has 1 aromatic heterocycles. The zero-order chi connectivity index (χ0) is 16.4. The van der Waals surface area contributed by atoms with Gasteiger partial charge in [-0.05, 0) is 25.8 Å². The second-order valence-corrected chi connectivity index (χ2v) is 6.48. The molecule has 1 amide bonds. The fraction of sp³-hybridized carbons (Fsp3) is 0.647. The van der Waals surface area contributed by atoms with E-state index < -0.39 is 0 Å². The first-order chi connectivity index (χ1) is 11.1. The van der Waals surface area contributed by atoms with E-state index in [1.807, 2.05) is 18.0 Å². The van der Waals surface area contributed by atoms with Gasteiger partial charge in [-0.1, -0.05) is 6.07 Å². The van der Waals surface area contributed by atoms with Crippen molar-refractivity contribution in [1.82, 2.24) is 14.8 Å². The average molecular weight is 319 g/mol. The first kappa shape index (κ1) is 16.2. The van der Waals surface area contributed by atoms with Gasteiger partial charge in [-0.15, -0.1) is 0 Å². The fourth-order valence-corrected chi connectivity index (χ4v) is 3.62. The van der Waals surface area contributed by atoms with Crippen LogP contribution in [0.4, 0.5) is 0 Å². The van der Waals surface area contributed by atoms with Crippen LogP contribution in [0.2, 0.25) is 0 Å². The van der Waals surface area contributed by atoms with Gasteiger partial charge in [0.1, 0.15) is 6.61 Å². The molecule has 0 saturated carbocycles. The second-order valence-electron chi connectivity index (χ2n) is 6.48. The lowest BCUT2D eigenvalue weighted by Crippen LogP contribution is -2.62. The van der Waals surface area contributed by atoms with Crippen LogP contribution < -0.4 is 4.74 Å². The minimum absolute atomic E-state index is 0.0747. The monoisotopic (exact) mass is 319 g/mol. The van der Waals surface area contributed by atoms with Crippen molar-refractivity contribution < 1.29 is 14.3 Å². The van der Waals surface area contributed by atoms with Crippen LogP contribution in [0, 0.1) is 0 Å². The molecule has 1 unspecified atom stereocenters. The third kappa shape index (κ3) is 3.05. The molecule has 2 saturated heterocycles. The van der Waals surface area contributed by atoms with Crippen LogP contribution in [-0.2, 0) is 16.1 Å². The highest BCUT2D eigenvalue weighted by molar-refractivity contribution is 5.78. The minimum atomic E-state index is -0.196. The van der Waals surface area contributed by atoms with Crippen molar-refractivity contribution >= 4 is 5.91 Å². The van der Waals surface area contributed by atoms with Crippen LogP contribution in [-0.4, -0.2) is 66.2 Å². The van der Waals surface area contributed by atoms with E-state index in [9.17, 15) is 4.79 Å². The zero-order valence-electron chi connectivity index (χ0n) is 14.1. The topological polar surface area (TPSA) is 54.9 Å². The number of likely N-dealkylation sites (N-methyl/N-ethyl adjacent to an activating group) is 1. The number of carbonyl (C=O) groups excluding carboxylic acids is 1. The number of hydrogen-bond donors (Lipinski definition) is 0. The maximum Gasteiger partial charge on any atom is 0.248 e. The van der Waals surface area contributed by atoms with E-state index in [1.165, 1.54) is 0 Å². The van der Waals surface area contributed by atoms with Crippen LogP contribution in [0.3, 0.4) is 0 Å². The Morgan fingerprint density at radius 1 is 1.43 bits per heavy atom. The number of pyridine rings is 1. The molecule has 3 rings (SSSR count). The van der Waals surface area contributed by atoms with Crippen molar-refractivity contribution in [2.75, 3.05) is 33.9 Å². The van der Waals surface area contributed by atoms with Gasteiger partial charge >= 0.3 is 0 Å². The number of aromatic nitrogens is 1. The van der Waals surface area contributed by atoms with Gasteiger partial charge in [0.25, 0.3) is 0 Å². The summed E-state index contributed by atoms with van der Waals surface area (Å²) in [5, 5.41) is 0. The third-order valence-corrected chi connectivity index (χ3v) is 5.36. The molecule has 126 valence electrons. The highest BCUT2D eigenvalue weighted by Gasteiger charge is 2.46. The molecule has 0 bridgehead atoms. The number of hydrogen-bond acceptors (Lipinski definition) is 5. The SMILES string of the molecule is COc1ncccc1CN1CCC2(CC1)OCC(=O)N(C)C2C. The predicted octanol–water partition coefficient (Wildman–Crippen LogP) is 1.30. The van der Waals surface area contributed by atoms with E-state index in [2.05, 4.69) is 22.9 Å². The van der Waals surface area contributed by atoms with E-state index in [0.717, 1.165) is 38.0 Å². The van der Waals surface area contributed by atoms with Crippen LogP contribution in [0.1, 0.15) is 25.3 Å². The first-order valence-corrected chi connectivity index (χ1v) is 8.15. The Kier molecular flexibility index (Phi) is 4.55. The maximum atomic E-state index is 11.8. The molecule has 0 aliphatic carbocycles. The summed E-state index contributed by atoms with van der Waals surface area (Å²) in [7, 11) is 3.53. The molecule has 6 heteroatoms.